The monoisotopic (exact) mass is 348 g/mol. The average Bonchev–Trinajstić information content (AvgIpc) is 2.49. The fourth-order valence-corrected chi connectivity index (χ4v) is 2.62. The van der Waals surface area contributed by atoms with Crippen LogP contribution < -0.4 is 4.74 Å². The molecule has 0 aliphatic heterocycles. The highest BCUT2D eigenvalue weighted by Gasteiger charge is 2.12. The Labute approximate surface area is 129 Å². The maximum atomic E-state index is 13.7. The number of benzene rings is 3. The minimum absolute atomic E-state index is 0.102. The van der Waals surface area contributed by atoms with Crippen LogP contribution in [0.3, 0.4) is 0 Å². The van der Waals surface area contributed by atoms with E-state index in [1.807, 2.05) is 42.5 Å². The Morgan fingerprint density at radius 2 is 1.71 bits per heavy atom. The molecule has 0 aromatic heterocycles. The van der Waals surface area contributed by atoms with E-state index in [2.05, 4.69) is 15.9 Å². The molecule has 0 N–H and O–H groups in total. The van der Waals surface area contributed by atoms with Gasteiger partial charge >= 0.3 is 0 Å². The van der Waals surface area contributed by atoms with Gasteiger partial charge < -0.3 is 4.74 Å². The summed E-state index contributed by atoms with van der Waals surface area (Å²) in [6, 6.07) is 16.2. The first-order valence-electron chi connectivity index (χ1n) is 6.39. The van der Waals surface area contributed by atoms with Gasteiger partial charge in [-0.2, -0.15) is 4.39 Å². The molecule has 3 aromatic carbocycles. The lowest BCUT2D eigenvalue weighted by molar-refractivity contribution is 0.285. The molecular formula is C17H11BrF2O. The summed E-state index contributed by atoms with van der Waals surface area (Å²) in [6.45, 7) is 0.175. The molecule has 0 spiro atoms. The zero-order valence-corrected chi connectivity index (χ0v) is 12.5. The predicted octanol–water partition coefficient (Wildman–Crippen LogP) is 5.46. The lowest BCUT2D eigenvalue weighted by Gasteiger charge is -2.10. The largest absolute Gasteiger partial charge is 0.486 e. The smallest absolute Gasteiger partial charge is 0.200 e. The highest BCUT2D eigenvalue weighted by Crippen LogP contribution is 2.27. The van der Waals surface area contributed by atoms with Crippen LogP contribution in [0.25, 0.3) is 10.8 Å². The Morgan fingerprint density at radius 3 is 2.57 bits per heavy atom. The van der Waals surface area contributed by atoms with Crippen LogP contribution in [0.15, 0.2) is 59.1 Å². The number of fused-ring (bicyclic) bond motifs is 1. The number of halogens is 3. The second kappa shape index (κ2) is 5.82. The van der Waals surface area contributed by atoms with E-state index in [4.69, 9.17) is 4.74 Å². The third-order valence-corrected chi connectivity index (χ3v) is 3.68. The molecule has 0 heterocycles. The Hall–Kier alpha value is -1.94. The molecule has 0 saturated heterocycles. The van der Waals surface area contributed by atoms with Crippen LogP contribution in [0, 0.1) is 11.6 Å². The lowest BCUT2D eigenvalue weighted by atomic mass is 10.1. The van der Waals surface area contributed by atoms with Crippen LogP contribution in [0.1, 0.15) is 5.56 Å². The molecule has 0 unspecified atom stereocenters. The number of hydrogen-bond donors (Lipinski definition) is 0. The van der Waals surface area contributed by atoms with Crippen molar-refractivity contribution in [1.29, 1.82) is 0 Å². The molecule has 0 fully saturated rings. The summed E-state index contributed by atoms with van der Waals surface area (Å²) in [5.74, 6) is -2.01. The van der Waals surface area contributed by atoms with Gasteiger partial charge in [0, 0.05) is 4.47 Å². The van der Waals surface area contributed by atoms with Crippen LogP contribution in [0.4, 0.5) is 8.78 Å². The molecule has 0 amide bonds. The Kier molecular flexibility index (Phi) is 3.88. The lowest BCUT2D eigenvalue weighted by Crippen LogP contribution is -2.00. The summed E-state index contributed by atoms with van der Waals surface area (Å²) in [6.07, 6.45) is 0. The van der Waals surface area contributed by atoms with Crippen molar-refractivity contribution < 1.29 is 13.5 Å². The quantitative estimate of drug-likeness (QED) is 0.571. The molecule has 0 atom stereocenters. The van der Waals surface area contributed by atoms with Gasteiger partial charge in [-0.25, -0.2) is 4.39 Å². The van der Waals surface area contributed by atoms with E-state index in [1.54, 1.807) is 0 Å². The number of rotatable bonds is 3. The minimum atomic E-state index is -0.974. The van der Waals surface area contributed by atoms with Gasteiger partial charge in [-0.15, -0.1) is 0 Å². The molecule has 0 aliphatic rings. The molecule has 0 saturated carbocycles. The van der Waals surface area contributed by atoms with Crippen molar-refractivity contribution in [2.45, 2.75) is 6.61 Å². The van der Waals surface area contributed by atoms with Gasteiger partial charge in [0.05, 0.1) is 0 Å². The van der Waals surface area contributed by atoms with E-state index in [0.717, 1.165) is 22.4 Å². The van der Waals surface area contributed by atoms with Crippen molar-refractivity contribution >= 4 is 26.7 Å². The maximum absolute atomic E-state index is 13.7. The van der Waals surface area contributed by atoms with Gasteiger partial charge in [0.2, 0.25) is 5.82 Å². The fraction of sp³-hybridized carbons (Fsp3) is 0.0588. The fourth-order valence-electron chi connectivity index (χ4n) is 2.21. The third-order valence-electron chi connectivity index (χ3n) is 3.22. The molecule has 3 aromatic rings. The summed E-state index contributed by atoms with van der Waals surface area (Å²) >= 11 is 3.13. The second-order valence-corrected chi connectivity index (χ2v) is 5.54. The molecule has 21 heavy (non-hydrogen) atoms. The highest BCUT2D eigenvalue weighted by molar-refractivity contribution is 9.10. The van der Waals surface area contributed by atoms with Crippen molar-refractivity contribution in [3.8, 4) is 5.75 Å². The predicted molar refractivity (Wildman–Crippen MR) is 82.3 cm³/mol. The molecule has 0 bridgehead atoms. The van der Waals surface area contributed by atoms with Crippen LogP contribution in [-0.2, 0) is 6.61 Å². The van der Waals surface area contributed by atoms with Crippen LogP contribution in [-0.4, -0.2) is 0 Å². The van der Waals surface area contributed by atoms with Crippen LogP contribution >= 0.6 is 15.9 Å². The molecule has 106 valence electrons. The third kappa shape index (κ3) is 2.90. The summed E-state index contributed by atoms with van der Waals surface area (Å²) in [4.78, 5) is 0. The normalized spacial score (nSPS) is 10.8. The topological polar surface area (TPSA) is 9.23 Å². The Balaban J connectivity index is 1.91. The van der Waals surface area contributed by atoms with Crippen molar-refractivity contribution in [3.05, 3.63) is 76.3 Å². The summed E-state index contributed by atoms with van der Waals surface area (Å²) in [5, 5.41) is 2.12. The first-order chi connectivity index (χ1) is 10.1. The second-order valence-electron chi connectivity index (χ2n) is 4.63. The molecule has 1 nitrogen and oxygen atoms in total. The average molecular weight is 349 g/mol. The van der Waals surface area contributed by atoms with Gasteiger partial charge in [-0.1, -0.05) is 58.4 Å². The molecule has 3 rings (SSSR count). The van der Waals surface area contributed by atoms with E-state index in [9.17, 15) is 8.78 Å². The van der Waals surface area contributed by atoms with E-state index in [1.165, 1.54) is 6.07 Å². The van der Waals surface area contributed by atoms with Crippen molar-refractivity contribution in [2.75, 3.05) is 0 Å². The highest BCUT2D eigenvalue weighted by atomic mass is 79.9. The van der Waals surface area contributed by atoms with Gasteiger partial charge in [-0.05, 0) is 28.5 Å². The van der Waals surface area contributed by atoms with E-state index < -0.39 is 11.6 Å². The Morgan fingerprint density at radius 1 is 0.952 bits per heavy atom. The van der Waals surface area contributed by atoms with E-state index >= 15 is 0 Å². The molecule has 0 radical (unpaired) electrons. The summed E-state index contributed by atoms with van der Waals surface area (Å²) in [5.41, 5.74) is 0.924. The SMILES string of the molecule is Fc1cc(Br)cc(OCc2cccc3ccccc23)c1F. The minimum Gasteiger partial charge on any atom is -0.486 e. The zero-order valence-electron chi connectivity index (χ0n) is 10.9. The van der Waals surface area contributed by atoms with E-state index in [-0.39, 0.29) is 12.4 Å². The van der Waals surface area contributed by atoms with Crippen LogP contribution in [0.2, 0.25) is 0 Å². The molecular weight excluding hydrogens is 338 g/mol. The van der Waals surface area contributed by atoms with Crippen molar-refractivity contribution in [2.24, 2.45) is 0 Å². The summed E-state index contributed by atoms with van der Waals surface area (Å²) < 4.78 is 32.9. The van der Waals surface area contributed by atoms with Crippen LogP contribution in [0.5, 0.6) is 5.75 Å². The van der Waals surface area contributed by atoms with Gasteiger partial charge in [-0.3, -0.25) is 0 Å². The van der Waals surface area contributed by atoms with Gasteiger partial charge in [0.25, 0.3) is 0 Å². The zero-order chi connectivity index (χ0) is 14.8. The van der Waals surface area contributed by atoms with Crippen molar-refractivity contribution in [3.63, 3.8) is 0 Å². The number of hydrogen-bond acceptors (Lipinski definition) is 1. The van der Waals surface area contributed by atoms with Crippen molar-refractivity contribution in [1.82, 2.24) is 0 Å². The molecule has 4 heteroatoms. The summed E-state index contributed by atoms with van der Waals surface area (Å²) in [7, 11) is 0. The molecule has 0 aliphatic carbocycles. The first kappa shape index (κ1) is 14.0. The maximum Gasteiger partial charge on any atom is 0.200 e. The van der Waals surface area contributed by atoms with Gasteiger partial charge in [0.1, 0.15) is 6.61 Å². The van der Waals surface area contributed by atoms with E-state index in [0.29, 0.717) is 4.47 Å². The van der Waals surface area contributed by atoms with Gasteiger partial charge in [0.15, 0.2) is 11.6 Å². The first-order valence-corrected chi connectivity index (χ1v) is 7.18. The Bertz CT molecular complexity index is 797. The standard InChI is InChI=1S/C17H11BrF2O/c18-13-8-15(19)17(20)16(9-13)21-10-12-6-3-5-11-4-1-2-7-14(11)12/h1-9H,10H2. The number of ether oxygens (including phenoxy) is 1.